The molecule has 0 aromatic heterocycles. The number of nitrogens with one attached hydrogen (secondary N) is 1. The fraction of sp³-hybridized carbons (Fsp3) is 0.391. The molecule has 0 radical (unpaired) electrons. The standard InChI is InChI=1S/C23H29Cl2N3O2/c1-4-10-26-14-18-16-28(23-19(24)6-5-7-20(23)25)12-11-27(18)15-17-8-9-21(29-2)22(13-17)30-3/h4-9,13,18,26H,1,10-12,14-16H2,2-3H3. The molecule has 162 valence electrons. The van der Waals surface area contributed by atoms with Crippen LogP contribution in [0.25, 0.3) is 0 Å². The first-order chi connectivity index (χ1) is 14.6. The van der Waals surface area contributed by atoms with Crippen molar-refractivity contribution >= 4 is 28.9 Å². The largest absolute Gasteiger partial charge is 0.493 e. The molecule has 3 rings (SSSR count). The molecule has 1 aliphatic rings. The summed E-state index contributed by atoms with van der Waals surface area (Å²) in [5, 5.41) is 4.84. The Hall–Kier alpha value is -1.92. The van der Waals surface area contributed by atoms with E-state index in [1.807, 2.05) is 36.4 Å². The van der Waals surface area contributed by atoms with E-state index in [0.29, 0.717) is 16.1 Å². The van der Waals surface area contributed by atoms with Crippen LogP contribution in [0.15, 0.2) is 49.1 Å². The van der Waals surface area contributed by atoms with Crippen molar-refractivity contribution in [3.05, 3.63) is 64.7 Å². The normalized spacial score (nSPS) is 17.1. The minimum atomic E-state index is 0.291. The Morgan fingerprint density at radius 3 is 2.50 bits per heavy atom. The summed E-state index contributed by atoms with van der Waals surface area (Å²) in [4.78, 5) is 4.77. The van der Waals surface area contributed by atoms with Crippen LogP contribution in [0.2, 0.25) is 10.0 Å². The molecule has 0 amide bonds. The Morgan fingerprint density at radius 2 is 1.83 bits per heavy atom. The third kappa shape index (κ3) is 5.41. The van der Waals surface area contributed by atoms with Gasteiger partial charge >= 0.3 is 0 Å². The maximum absolute atomic E-state index is 6.47. The topological polar surface area (TPSA) is 37.0 Å². The average Bonchev–Trinajstić information content (AvgIpc) is 2.75. The minimum Gasteiger partial charge on any atom is -0.493 e. The van der Waals surface area contributed by atoms with Crippen molar-refractivity contribution in [1.29, 1.82) is 0 Å². The Bertz CT molecular complexity index is 842. The third-order valence-corrected chi connectivity index (χ3v) is 5.97. The molecular weight excluding hydrogens is 421 g/mol. The summed E-state index contributed by atoms with van der Waals surface area (Å²) >= 11 is 12.9. The minimum absolute atomic E-state index is 0.291. The van der Waals surface area contributed by atoms with Gasteiger partial charge in [0, 0.05) is 45.3 Å². The smallest absolute Gasteiger partial charge is 0.161 e. The molecule has 0 saturated carbocycles. The quantitative estimate of drug-likeness (QED) is 0.451. The van der Waals surface area contributed by atoms with E-state index in [0.717, 1.165) is 56.5 Å². The summed E-state index contributed by atoms with van der Waals surface area (Å²) in [7, 11) is 3.31. The Kier molecular flexibility index (Phi) is 8.28. The molecule has 2 aromatic carbocycles. The number of nitrogens with zero attached hydrogens (tertiary/aromatic N) is 2. The van der Waals surface area contributed by atoms with Gasteiger partial charge in [-0.1, -0.05) is 41.4 Å². The second kappa shape index (κ2) is 10.9. The van der Waals surface area contributed by atoms with E-state index in [-0.39, 0.29) is 0 Å². The van der Waals surface area contributed by atoms with E-state index in [1.54, 1.807) is 14.2 Å². The summed E-state index contributed by atoms with van der Waals surface area (Å²) in [6, 6.07) is 12.0. The summed E-state index contributed by atoms with van der Waals surface area (Å²) < 4.78 is 10.8. The Balaban J connectivity index is 1.78. The summed E-state index contributed by atoms with van der Waals surface area (Å²) in [6.07, 6.45) is 1.88. The van der Waals surface area contributed by atoms with Crippen molar-refractivity contribution in [2.24, 2.45) is 0 Å². The second-order valence-corrected chi connectivity index (χ2v) is 8.09. The monoisotopic (exact) mass is 449 g/mol. The molecule has 7 heteroatoms. The van der Waals surface area contributed by atoms with E-state index >= 15 is 0 Å². The molecule has 0 aliphatic carbocycles. The molecule has 1 fully saturated rings. The Labute approximate surface area is 189 Å². The lowest BCUT2D eigenvalue weighted by Gasteiger charge is -2.43. The van der Waals surface area contributed by atoms with Gasteiger partial charge in [-0.3, -0.25) is 4.90 Å². The number of hydrogen-bond acceptors (Lipinski definition) is 5. The van der Waals surface area contributed by atoms with Crippen LogP contribution in [0.3, 0.4) is 0 Å². The third-order valence-electron chi connectivity index (χ3n) is 5.36. The van der Waals surface area contributed by atoms with E-state index < -0.39 is 0 Å². The number of benzene rings is 2. The van der Waals surface area contributed by atoms with Crippen LogP contribution in [-0.2, 0) is 6.54 Å². The predicted molar refractivity (Wildman–Crippen MR) is 125 cm³/mol. The van der Waals surface area contributed by atoms with E-state index in [4.69, 9.17) is 32.7 Å². The van der Waals surface area contributed by atoms with Crippen LogP contribution in [0.1, 0.15) is 5.56 Å². The SMILES string of the molecule is C=CCNCC1CN(c2c(Cl)cccc2Cl)CCN1Cc1ccc(OC)c(OC)c1. The fourth-order valence-corrected chi connectivity index (χ4v) is 4.49. The lowest BCUT2D eigenvalue weighted by molar-refractivity contribution is 0.165. The van der Waals surface area contributed by atoms with Crippen molar-refractivity contribution in [3.8, 4) is 11.5 Å². The van der Waals surface area contributed by atoms with Crippen LogP contribution in [0.4, 0.5) is 5.69 Å². The first kappa shape index (κ1) is 22.8. The predicted octanol–water partition coefficient (Wildman–Crippen LogP) is 4.48. The highest BCUT2D eigenvalue weighted by atomic mass is 35.5. The van der Waals surface area contributed by atoms with Gasteiger partial charge in [0.15, 0.2) is 11.5 Å². The van der Waals surface area contributed by atoms with Gasteiger partial charge in [-0.2, -0.15) is 0 Å². The molecule has 30 heavy (non-hydrogen) atoms. The molecule has 1 aliphatic heterocycles. The van der Waals surface area contributed by atoms with Crippen LogP contribution in [0.5, 0.6) is 11.5 Å². The molecule has 0 spiro atoms. The zero-order chi connectivity index (χ0) is 21.5. The highest BCUT2D eigenvalue weighted by molar-refractivity contribution is 6.39. The number of hydrogen-bond donors (Lipinski definition) is 1. The number of ether oxygens (including phenoxy) is 2. The van der Waals surface area contributed by atoms with Gasteiger partial charge < -0.3 is 19.7 Å². The Morgan fingerprint density at radius 1 is 1.10 bits per heavy atom. The number of rotatable bonds is 9. The number of methoxy groups -OCH3 is 2. The fourth-order valence-electron chi connectivity index (χ4n) is 3.85. The van der Waals surface area contributed by atoms with Crippen LogP contribution >= 0.6 is 23.2 Å². The van der Waals surface area contributed by atoms with E-state index in [2.05, 4.69) is 27.8 Å². The molecule has 5 nitrogen and oxygen atoms in total. The molecule has 1 atom stereocenters. The van der Waals surface area contributed by atoms with Crippen LogP contribution in [0, 0.1) is 0 Å². The number of anilines is 1. The van der Waals surface area contributed by atoms with E-state index in [1.165, 1.54) is 5.56 Å². The van der Waals surface area contributed by atoms with Gasteiger partial charge in [-0.05, 0) is 29.8 Å². The van der Waals surface area contributed by atoms with Crippen molar-refractivity contribution in [3.63, 3.8) is 0 Å². The van der Waals surface area contributed by atoms with Crippen molar-refractivity contribution in [2.75, 3.05) is 51.8 Å². The molecule has 1 unspecified atom stereocenters. The summed E-state index contributed by atoms with van der Waals surface area (Å²) in [6.45, 7) is 8.83. The van der Waals surface area contributed by atoms with Gasteiger partial charge in [0.1, 0.15) is 0 Å². The van der Waals surface area contributed by atoms with Crippen molar-refractivity contribution in [1.82, 2.24) is 10.2 Å². The lowest BCUT2D eigenvalue weighted by Crippen LogP contribution is -2.56. The van der Waals surface area contributed by atoms with Gasteiger partial charge in [0.05, 0.1) is 30.0 Å². The zero-order valence-corrected chi connectivity index (χ0v) is 19.0. The molecule has 1 N–H and O–H groups in total. The average molecular weight is 450 g/mol. The van der Waals surface area contributed by atoms with Gasteiger partial charge in [0.2, 0.25) is 0 Å². The maximum atomic E-state index is 6.47. The highest BCUT2D eigenvalue weighted by Crippen LogP contribution is 2.35. The van der Waals surface area contributed by atoms with Gasteiger partial charge in [-0.15, -0.1) is 6.58 Å². The van der Waals surface area contributed by atoms with E-state index in [9.17, 15) is 0 Å². The molecular formula is C23H29Cl2N3O2. The highest BCUT2D eigenvalue weighted by Gasteiger charge is 2.29. The first-order valence-corrected chi connectivity index (χ1v) is 10.8. The molecule has 1 saturated heterocycles. The summed E-state index contributed by atoms with van der Waals surface area (Å²) in [5.74, 6) is 1.49. The number of piperazine rings is 1. The van der Waals surface area contributed by atoms with Crippen molar-refractivity contribution < 1.29 is 9.47 Å². The van der Waals surface area contributed by atoms with Gasteiger partial charge in [-0.25, -0.2) is 0 Å². The molecule has 2 aromatic rings. The van der Waals surface area contributed by atoms with Crippen LogP contribution < -0.4 is 19.7 Å². The summed E-state index contributed by atoms with van der Waals surface area (Å²) in [5.41, 5.74) is 2.10. The number of para-hydroxylation sites is 1. The second-order valence-electron chi connectivity index (χ2n) is 7.28. The molecule has 1 heterocycles. The lowest BCUT2D eigenvalue weighted by atomic mass is 10.1. The first-order valence-electron chi connectivity index (χ1n) is 10.0. The van der Waals surface area contributed by atoms with Crippen LogP contribution in [-0.4, -0.2) is 57.9 Å². The van der Waals surface area contributed by atoms with Gasteiger partial charge in [0.25, 0.3) is 0 Å². The number of halogens is 2. The maximum Gasteiger partial charge on any atom is 0.161 e. The zero-order valence-electron chi connectivity index (χ0n) is 17.5. The molecule has 0 bridgehead atoms. The van der Waals surface area contributed by atoms with Crippen molar-refractivity contribution in [2.45, 2.75) is 12.6 Å².